The number of H-pyrrole nitrogens is 1. The predicted octanol–water partition coefficient (Wildman–Crippen LogP) is 4.07. The summed E-state index contributed by atoms with van der Waals surface area (Å²) in [5, 5.41) is 11.1. The van der Waals surface area contributed by atoms with E-state index < -0.39 is 0 Å². The first-order valence-corrected chi connectivity index (χ1v) is 6.74. The number of ketones is 1. The van der Waals surface area contributed by atoms with Crippen molar-refractivity contribution in [1.29, 1.82) is 0 Å². The number of nitrogens with one attached hydrogen (secondary N) is 1. The van der Waals surface area contributed by atoms with E-state index in [2.05, 4.69) is 9.98 Å². The monoisotopic (exact) mass is 280 g/mol. The number of hydrogen-bond acceptors (Lipinski definition) is 3. The zero-order valence-corrected chi connectivity index (χ0v) is 11.1. The highest BCUT2D eigenvalue weighted by atomic mass is 16.3. The van der Waals surface area contributed by atoms with Gasteiger partial charge in [0, 0.05) is 19.3 Å². The van der Waals surface area contributed by atoms with Crippen molar-refractivity contribution >= 4 is 28.1 Å². The molecule has 3 aromatic rings. The van der Waals surface area contributed by atoms with Crippen LogP contribution in [0.3, 0.4) is 0 Å². The number of benzene rings is 2. The summed E-state index contributed by atoms with van der Waals surface area (Å²) in [7, 11) is 0. The fourth-order valence-electron chi connectivity index (χ4n) is 2.72. The quantitative estimate of drug-likeness (QED) is 0.705. The SMILES string of the molecule is O=C1CC(c2[nH]c3ccccc3c2O)=Nc2ccccc21.[HH].[HH]. The third-order valence-electron chi connectivity index (χ3n) is 3.76. The van der Waals surface area contributed by atoms with Crippen LogP contribution in [0.4, 0.5) is 5.69 Å². The van der Waals surface area contributed by atoms with Crippen molar-refractivity contribution in [2.75, 3.05) is 0 Å². The maximum absolute atomic E-state index is 12.2. The van der Waals surface area contributed by atoms with Gasteiger partial charge in [0.25, 0.3) is 0 Å². The van der Waals surface area contributed by atoms with E-state index in [1.54, 1.807) is 6.07 Å². The van der Waals surface area contributed by atoms with Gasteiger partial charge < -0.3 is 10.1 Å². The Balaban J connectivity index is 0.000000960. The third-order valence-corrected chi connectivity index (χ3v) is 3.76. The van der Waals surface area contributed by atoms with Crippen LogP contribution in [0, 0.1) is 0 Å². The number of nitrogens with zero attached hydrogens (tertiary/aromatic N) is 1. The van der Waals surface area contributed by atoms with Crippen LogP contribution >= 0.6 is 0 Å². The minimum absolute atomic E-state index is 0. The van der Waals surface area contributed by atoms with Crippen LogP contribution in [0.1, 0.15) is 25.3 Å². The Labute approximate surface area is 123 Å². The molecule has 0 radical (unpaired) electrons. The van der Waals surface area contributed by atoms with Gasteiger partial charge in [-0.05, 0) is 24.3 Å². The molecule has 2 aromatic carbocycles. The Kier molecular flexibility index (Phi) is 2.44. The van der Waals surface area contributed by atoms with Crippen molar-refractivity contribution in [2.24, 2.45) is 4.99 Å². The van der Waals surface area contributed by atoms with Crippen LogP contribution in [0.15, 0.2) is 53.5 Å². The molecule has 21 heavy (non-hydrogen) atoms. The molecule has 4 nitrogen and oxygen atoms in total. The lowest BCUT2D eigenvalue weighted by atomic mass is 9.98. The molecule has 0 saturated carbocycles. The summed E-state index contributed by atoms with van der Waals surface area (Å²) in [5.74, 6) is 0.171. The molecule has 0 bridgehead atoms. The summed E-state index contributed by atoms with van der Waals surface area (Å²) >= 11 is 0. The minimum atomic E-state index is 0. The summed E-state index contributed by atoms with van der Waals surface area (Å²) in [6.07, 6.45) is 0.192. The summed E-state index contributed by atoms with van der Waals surface area (Å²) in [4.78, 5) is 19.9. The number of hydrogen-bond donors (Lipinski definition) is 2. The molecule has 1 aliphatic rings. The molecule has 1 aliphatic heterocycles. The fraction of sp³-hybridized carbons (Fsp3) is 0.0588. The second kappa shape index (κ2) is 4.31. The third kappa shape index (κ3) is 1.76. The topological polar surface area (TPSA) is 65.5 Å². The van der Waals surface area contributed by atoms with E-state index in [4.69, 9.17) is 0 Å². The smallest absolute Gasteiger partial charge is 0.171 e. The Morgan fingerprint density at radius 2 is 1.86 bits per heavy atom. The molecule has 0 amide bonds. The van der Waals surface area contributed by atoms with E-state index in [0.29, 0.717) is 22.7 Å². The number of aromatic amines is 1. The number of carbonyl (C=O) groups is 1. The number of para-hydroxylation sites is 2. The van der Waals surface area contributed by atoms with Gasteiger partial charge in [0.05, 0.1) is 17.8 Å². The molecule has 106 valence electrons. The fourth-order valence-corrected chi connectivity index (χ4v) is 2.72. The molecular weight excluding hydrogens is 264 g/mol. The number of aliphatic imine (C=N–C) groups is 1. The molecule has 0 unspecified atom stereocenters. The van der Waals surface area contributed by atoms with E-state index in [-0.39, 0.29) is 20.8 Å². The lowest BCUT2D eigenvalue weighted by Crippen LogP contribution is -2.14. The number of rotatable bonds is 1. The van der Waals surface area contributed by atoms with Gasteiger partial charge in [0.15, 0.2) is 5.78 Å². The van der Waals surface area contributed by atoms with Crippen LogP contribution in [-0.4, -0.2) is 21.6 Å². The van der Waals surface area contributed by atoms with Crippen molar-refractivity contribution < 1.29 is 12.8 Å². The summed E-state index contributed by atoms with van der Waals surface area (Å²) < 4.78 is 0. The molecule has 4 heteroatoms. The number of aromatic hydroxyl groups is 1. The van der Waals surface area contributed by atoms with Gasteiger partial charge in [-0.25, -0.2) is 4.99 Å². The summed E-state index contributed by atoms with van der Waals surface area (Å²) in [6, 6.07) is 14.8. The number of aromatic nitrogens is 1. The van der Waals surface area contributed by atoms with Crippen molar-refractivity contribution in [3.8, 4) is 5.75 Å². The van der Waals surface area contributed by atoms with Crippen LogP contribution in [0.25, 0.3) is 10.9 Å². The molecule has 4 rings (SSSR count). The highest BCUT2D eigenvalue weighted by Crippen LogP contribution is 2.33. The lowest BCUT2D eigenvalue weighted by Gasteiger charge is -2.13. The molecule has 2 heterocycles. The van der Waals surface area contributed by atoms with Crippen LogP contribution < -0.4 is 0 Å². The number of carbonyl (C=O) groups excluding carboxylic acids is 1. The van der Waals surface area contributed by atoms with Gasteiger partial charge in [-0.3, -0.25) is 4.79 Å². The Morgan fingerprint density at radius 1 is 1.10 bits per heavy atom. The molecule has 2 N–H and O–H groups in total. The van der Waals surface area contributed by atoms with E-state index in [9.17, 15) is 9.90 Å². The zero-order chi connectivity index (χ0) is 14.4. The molecule has 0 aliphatic carbocycles. The molecule has 0 atom stereocenters. The standard InChI is InChI=1S/C17H12N2O2.2H2/c20-15-9-14(18-12-7-3-1-5-10(12)15)16-17(21)11-6-2-4-8-13(11)19-16;;/h1-8,19,21H,9H2;2*1H. The first kappa shape index (κ1) is 11.9. The minimum Gasteiger partial charge on any atom is -0.505 e. The summed E-state index contributed by atoms with van der Waals surface area (Å²) in [5.41, 5.74) is 3.23. The van der Waals surface area contributed by atoms with Crippen LogP contribution in [-0.2, 0) is 0 Å². The van der Waals surface area contributed by atoms with Crippen molar-refractivity contribution in [3.63, 3.8) is 0 Å². The van der Waals surface area contributed by atoms with Crippen LogP contribution in [0.5, 0.6) is 5.75 Å². The maximum atomic E-state index is 12.2. The summed E-state index contributed by atoms with van der Waals surface area (Å²) in [6.45, 7) is 0. The highest BCUT2D eigenvalue weighted by Gasteiger charge is 2.24. The van der Waals surface area contributed by atoms with Gasteiger partial charge in [0.1, 0.15) is 11.4 Å². The number of Topliss-reactive ketones (excluding diaryl/α,β-unsaturated/α-hetero) is 1. The molecular formula is C17H16N2O2. The average Bonchev–Trinajstić information content (AvgIpc) is 2.85. The van der Waals surface area contributed by atoms with Gasteiger partial charge in [-0.1, -0.05) is 24.3 Å². The van der Waals surface area contributed by atoms with Crippen molar-refractivity contribution in [3.05, 3.63) is 59.8 Å². The van der Waals surface area contributed by atoms with E-state index in [1.807, 2.05) is 42.5 Å². The first-order valence-electron chi connectivity index (χ1n) is 6.74. The van der Waals surface area contributed by atoms with E-state index >= 15 is 0 Å². The Morgan fingerprint density at radius 3 is 2.71 bits per heavy atom. The van der Waals surface area contributed by atoms with Crippen LogP contribution in [0.2, 0.25) is 0 Å². The van der Waals surface area contributed by atoms with E-state index in [0.717, 1.165) is 10.9 Å². The predicted molar refractivity (Wildman–Crippen MR) is 85.8 cm³/mol. The van der Waals surface area contributed by atoms with E-state index in [1.165, 1.54) is 0 Å². The van der Waals surface area contributed by atoms with Gasteiger partial charge in [-0.2, -0.15) is 0 Å². The Hall–Kier alpha value is -2.88. The zero-order valence-electron chi connectivity index (χ0n) is 11.1. The number of fused-ring (bicyclic) bond motifs is 2. The van der Waals surface area contributed by atoms with Crippen molar-refractivity contribution in [2.45, 2.75) is 6.42 Å². The van der Waals surface area contributed by atoms with Gasteiger partial charge in [-0.15, -0.1) is 0 Å². The second-order valence-electron chi connectivity index (χ2n) is 5.07. The highest BCUT2D eigenvalue weighted by molar-refractivity contribution is 6.22. The largest absolute Gasteiger partial charge is 0.505 e. The Bertz CT molecular complexity index is 916. The first-order chi connectivity index (χ1) is 10.2. The molecule has 0 spiro atoms. The second-order valence-corrected chi connectivity index (χ2v) is 5.07. The molecule has 0 saturated heterocycles. The average molecular weight is 280 g/mol. The van der Waals surface area contributed by atoms with Gasteiger partial charge >= 0.3 is 0 Å². The van der Waals surface area contributed by atoms with Crippen molar-refractivity contribution in [1.82, 2.24) is 4.98 Å². The van der Waals surface area contributed by atoms with Gasteiger partial charge in [0.2, 0.25) is 0 Å². The molecule has 1 aromatic heterocycles. The maximum Gasteiger partial charge on any atom is 0.171 e. The molecule has 0 fully saturated rings. The normalized spacial score (nSPS) is 14.1. The lowest BCUT2D eigenvalue weighted by molar-refractivity contribution is 0.1000.